The molecule has 20 heavy (non-hydrogen) atoms. The van der Waals surface area contributed by atoms with Gasteiger partial charge in [0, 0.05) is 5.69 Å². The first kappa shape index (κ1) is 16.0. The number of anilines is 1. The predicted octanol–water partition coefficient (Wildman–Crippen LogP) is 1.90. The van der Waals surface area contributed by atoms with E-state index in [1.807, 2.05) is 13.8 Å². The molecular weight excluding hydrogens is 262 g/mol. The summed E-state index contributed by atoms with van der Waals surface area (Å²) in [6.45, 7) is 3.81. The number of benzene rings is 1. The van der Waals surface area contributed by atoms with E-state index in [0.717, 1.165) is 0 Å². The van der Waals surface area contributed by atoms with Crippen LogP contribution in [-0.4, -0.2) is 36.3 Å². The number of carboxylic acids is 1. The van der Waals surface area contributed by atoms with Crippen LogP contribution in [0.2, 0.25) is 0 Å². The summed E-state index contributed by atoms with van der Waals surface area (Å²) in [5.74, 6) is -0.731. The van der Waals surface area contributed by atoms with Crippen LogP contribution < -0.4 is 10.1 Å². The van der Waals surface area contributed by atoms with E-state index < -0.39 is 12.6 Å². The van der Waals surface area contributed by atoms with E-state index in [2.05, 4.69) is 5.32 Å². The Kier molecular flexibility index (Phi) is 6.52. The second-order valence-corrected chi connectivity index (χ2v) is 4.42. The van der Waals surface area contributed by atoms with Gasteiger partial charge < -0.3 is 19.9 Å². The topological polar surface area (TPSA) is 84.9 Å². The Morgan fingerprint density at radius 3 is 2.45 bits per heavy atom. The number of hydrogen-bond donors (Lipinski definition) is 2. The van der Waals surface area contributed by atoms with Crippen molar-refractivity contribution in [3.8, 4) is 5.75 Å². The van der Waals surface area contributed by atoms with E-state index in [9.17, 15) is 9.59 Å². The molecule has 6 heteroatoms. The minimum atomic E-state index is -1.03. The van der Waals surface area contributed by atoms with Crippen LogP contribution in [-0.2, 0) is 14.3 Å². The van der Waals surface area contributed by atoms with Gasteiger partial charge in [0.2, 0.25) is 5.91 Å². The van der Waals surface area contributed by atoms with E-state index in [0.29, 0.717) is 18.0 Å². The van der Waals surface area contributed by atoms with Crippen LogP contribution in [0.1, 0.15) is 20.3 Å². The fraction of sp³-hybridized carbons (Fsp3) is 0.429. The normalized spacial score (nSPS) is 10.3. The van der Waals surface area contributed by atoms with Crippen molar-refractivity contribution in [3.05, 3.63) is 24.3 Å². The van der Waals surface area contributed by atoms with Gasteiger partial charge in [0.15, 0.2) is 6.61 Å². The molecule has 2 N–H and O–H groups in total. The van der Waals surface area contributed by atoms with Crippen LogP contribution in [0.15, 0.2) is 24.3 Å². The largest absolute Gasteiger partial charge is 0.482 e. The summed E-state index contributed by atoms with van der Waals surface area (Å²) < 4.78 is 10.3. The van der Waals surface area contributed by atoms with Gasteiger partial charge >= 0.3 is 5.97 Å². The Bertz CT molecular complexity index is 441. The van der Waals surface area contributed by atoms with Crippen molar-refractivity contribution in [2.45, 2.75) is 26.4 Å². The molecule has 0 heterocycles. The number of ether oxygens (including phenoxy) is 2. The summed E-state index contributed by atoms with van der Waals surface area (Å²) in [5.41, 5.74) is 0.627. The van der Waals surface area contributed by atoms with E-state index in [1.54, 1.807) is 24.3 Å². The van der Waals surface area contributed by atoms with E-state index in [4.69, 9.17) is 14.6 Å². The summed E-state index contributed by atoms with van der Waals surface area (Å²) in [4.78, 5) is 21.9. The van der Waals surface area contributed by atoms with Crippen molar-refractivity contribution in [2.75, 3.05) is 18.5 Å². The third-order valence-electron chi connectivity index (χ3n) is 2.28. The van der Waals surface area contributed by atoms with E-state index >= 15 is 0 Å². The molecule has 1 rings (SSSR count). The van der Waals surface area contributed by atoms with Crippen LogP contribution in [0.3, 0.4) is 0 Å². The molecule has 0 saturated carbocycles. The number of rotatable bonds is 8. The number of amides is 1. The van der Waals surface area contributed by atoms with Gasteiger partial charge in [-0.15, -0.1) is 0 Å². The maximum absolute atomic E-state index is 11.6. The van der Waals surface area contributed by atoms with Crippen molar-refractivity contribution in [1.82, 2.24) is 0 Å². The Morgan fingerprint density at radius 2 is 1.90 bits per heavy atom. The fourth-order valence-electron chi connectivity index (χ4n) is 1.39. The molecule has 1 aromatic carbocycles. The highest BCUT2D eigenvalue weighted by Crippen LogP contribution is 2.15. The van der Waals surface area contributed by atoms with Crippen molar-refractivity contribution in [3.63, 3.8) is 0 Å². The van der Waals surface area contributed by atoms with Gasteiger partial charge in [-0.2, -0.15) is 0 Å². The lowest BCUT2D eigenvalue weighted by atomic mass is 10.3. The molecule has 0 unspecified atom stereocenters. The second-order valence-electron chi connectivity index (χ2n) is 4.42. The van der Waals surface area contributed by atoms with Gasteiger partial charge in [-0.3, -0.25) is 4.79 Å². The molecule has 0 fully saturated rings. The summed E-state index contributed by atoms with van der Waals surface area (Å²) in [6.07, 6.45) is 0.392. The molecule has 0 radical (unpaired) electrons. The number of carbonyl (C=O) groups excluding carboxylic acids is 1. The number of carbonyl (C=O) groups is 2. The molecule has 0 bridgehead atoms. The first-order valence-electron chi connectivity index (χ1n) is 6.33. The van der Waals surface area contributed by atoms with E-state index in [1.165, 1.54) is 0 Å². The van der Waals surface area contributed by atoms with Gasteiger partial charge in [0.05, 0.1) is 19.1 Å². The second kappa shape index (κ2) is 8.16. The van der Waals surface area contributed by atoms with Crippen LogP contribution in [0.5, 0.6) is 5.75 Å². The van der Waals surface area contributed by atoms with Gasteiger partial charge in [-0.1, -0.05) is 0 Å². The lowest BCUT2D eigenvalue weighted by Gasteiger charge is -2.09. The minimum Gasteiger partial charge on any atom is -0.482 e. The van der Waals surface area contributed by atoms with Gasteiger partial charge in [-0.25, -0.2) is 4.79 Å². The average molecular weight is 281 g/mol. The zero-order chi connectivity index (χ0) is 15.0. The number of aliphatic carboxylic acids is 1. The molecule has 0 aromatic heterocycles. The lowest BCUT2D eigenvalue weighted by Crippen LogP contribution is -2.15. The highest BCUT2D eigenvalue weighted by molar-refractivity contribution is 5.90. The van der Waals surface area contributed by atoms with Gasteiger partial charge in [0.25, 0.3) is 0 Å². The fourth-order valence-corrected chi connectivity index (χ4v) is 1.39. The molecule has 0 saturated heterocycles. The summed E-state index contributed by atoms with van der Waals surface area (Å²) in [5, 5.41) is 11.2. The monoisotopic (exact) mass is 281 g/mol. The smallest absolute Gasteiger partial charge is 0.341 e. The van der Waals surface area contributed by atoms with Crippen molar-refractivity contribution in [2.24, 2.45) is 0 Å². The molecule has 0 aliphatic carbocycles. The Hall–Kier alpha value is -2.08. The average Bonchev–Trinajstić information content (AvgIpc) is 2.37. The van der Waals surface area contributed by atoms with Crippen LogP contribution in [0, 0.1) is 0 Å². The SMILES string of the molecule is CC(C)OCCC(=O)Nc1ccc(OCC(=O)O)cc1. The molecule has 1 amide bonds. The number of nitrogens with one attached hydrogen (secondary N) is 1. The first-order valence-corrected chi connectivity index (χ1v) is 6.33. The zero-order valence-electron chi connectivity index (χ0n) is 11.6. The molecule has 0 atom stereocenters. The zero-order valence-corrected chi connectivity index (χ0v) is 11.6. The molecule has 6 nitrogen and oxygen atoms in total. The summed E-state index contributed by atoms with van der Waals surface area (Å²) >= 11 is 0. The molecular formula is C14H19NO5. The third-order valence-corrected chi connectivity index (χ3v) is 2.28. The number of hydrogen-bond acceptors (Lipinski definition) is 4. The molecule has 110 valence electrons. The van der Waals surface area contributed by atoms with Crippen LogP contribution in [0.4, 0.5) is 5.69 Å². The minimum absolute atomic E-state index is 0.105. The Morgan fingerprint density at radius 1 is 1.25 bits per heavy atom. The predicted molar refractivity (Wildman–Crippen MR) is 73.9 cm³/mol. The highest BCUT2D eigenvalue weighted by atomic mass is 16.5. The number of carboxylic acid groups (broad SMARTS) is 1. The first-order chi connectivity index (χ1) is 9.47. The van der Waals surface area contributed by atoms with Gasteiger partial charge in [0.1, 0.15) is 5.75 Å². The van der Waals surface area contributed by atoms with Crippen molar-refractivity contribution < 1.29 is 24.2 Å². The lowest BCUT2D eigenvalue weighted by molar-refractivity contribution is -0.139. The standard InChI is InChI=1S/C14H19NO5/c1-10(2)19-8-7-13(16)15-11-3-5-12(6-4-11)20-9-14(17)18/h3-6,10H,7-9H2,1-2H3,(H,15,16)(H,17,18). The third kappa shape index (κ3) is 6.75. The van der Waals surface area contributed by atoms with E-state index in [-0.39, 0.29) is 18.4 Å². The van der Waals surface area contributed by atoms with Crippen molar-refractivity contribution >= 4 is 17.6 Å². The summed E-state index contributed by atoms with van der Waals surface area (Å²) in [6, 6.07) is 6.50. The highest BCUT2D eigenvalue weighted by Gasteiger charge is 2.04. The van der Waals surface area contributed by atoms with Crippen molar-refractivity contribution in [1.29, 1.82) is 0 Å². The molecule has 1 aromatic rings. The molecule has 0 spiro atoms. The van der Waals surface area contributed by atoms with Crippen LogP contribution >= 0.6 is 0 Å². The quantitative estimate of drug-likeness (QED) is 0.760. The Labute approximate surface area is 117 Å². The maximum atomic E-state index is 11.6. The van der Waals surface area contributed by atoms with Crippen LogP contribution in [0.25, 0.3) is 0 Å². The van der Waals surface area contributed by atoms with Gasteiger partial charge in [-0.05, 0) is 38.1 Å². The Balaban J connectivity index is 2.37. The maximum Gasteiger partial charge on any atom is 0.341 e. The molecule has 0 aliphatic rings. The molecule has 0 aliphatic heterocycles. The summed E-state index contributed by atoms with van der Waals surface area (Å²) in [7, 11) is 0.